The number of carbonyl (C=O) groups is 1. The van der Waals surface area contributed by atoms with Gasteiger partial charge in [0.25, 0.3) is 5.82 Å². The van der Waals surface area contributed by atoms with Gasteiger partial charge in [-0.15, -0.1) is 0 Å². The van der Waals surface area contributed by atoms with Gasteiger partial charge >= 0.3 is 12.1 Å². The molecule has 0 saturated heterocycles. The van der Waals surface area contributed by atoms with Crippen molar-refractivity contribution in [3.8, 4) is 11.4 Å². The topological polar surface area (TPSA) is 35.1 Å². The minimum absolute atomic E-state index is 0. The Labute approximate surface area is 221 Å². The van der Waals surface area contributed by atoms with Gasteiger partial charge in [0, 0.05) is 0 Å². The number of fused-ring (bicyclic) bond motifs is 1. The number of alkyl halides is 3. The molecule has 35 heavy (non-hydrogen) atoms. The molecule has 2 aromatic carbocycles. The fourth-order valence-electron chi connectivity index (χ4n) is 5.31. The molecule has 0 amide bonds. The number of aryl methyl sites for hydroxylation is 1. The Kier molecular flexibility index (Phi) is 8.55. The van der Waals surface area contributed by atoms with Gasteiger partial charge in [0.2, 0.25) is 0 Å². The van der Waals surface area contributed by atoms with Crippen molar-refractivity contribution in [1.29, 1.82) is 0 Å². The normalized spacial score (nSPS) is 20.6. The third-order valence-corrected chi connectivity index (χ3v) is 7.09. The molecule has 0 radical (unpaired) electrons. The molecule has 1 heterocycles. The molecule has 4 rings (SSSR count). The minimum Gasteiger partial charge on any atom is -1.00 e. The van der Waals surface area contributed by atoms with Crippen molar-refractivity contribution in [2.75, 3.05) is 0 Å². The van der Waals surface area contributed by atoms with E-state index in [0.29, 0.717) is 29.1 Å². The average Bonchev–Trinajstić information content (AvgIpc) is 3.04. The van der Waals surface area contributed by atoms with E-state index in [4.69, 9.17) is 4.74 Å². The zero-order valence-corrected chi connectivity index (χ0v) is 22.6. The lowest BCUT2D eigenvalue weighted by Crippen LogP contribution is -3.00. The molecule has 1 aliphatic rings. The first-order valence-corrected chi connectivity index (χ1v) is 11.9. The van der Waals surface area contributed by atoms with Gasteiger partial charge in [0.15, 0.2) is 17.6 Å². The maximum Gasteiger partial charge on any atom is 0.416 e. The third-order valence-electron chi connectivity index (χ3n) is 7.09. The number of hydrogen-bond donors (Lipinski definition) is 0. The van der Waals surface area contributed by atoms with E-state index >= 15 is 0 Å². The Balaban J connectivity index is 0.00000342. The van der Waals surface area contributed by atoms with Crippen LogP contribution in [0.3, 0.4) is 0 Å². The molecule has 0 unspecified atom stereocenters. The summed E-state index contributed by atoms with van der Waals surface area (Å²) >= 11 is 0. The number of esters is 1. The summed E-state index contributed by atoms with van der Waals surface area (Å²) in [5.41, 5.74) is 1.27. The molecule has 8 heteroatoms. The highest BCUT2D eigenvalue weighted by Crippen LogP contribution is 2.36. The molecule has 1 aliphatic carbocycles. The lowest BCUT2D eigenvalue weighted by atomic mass is 9.75. The van der Waals surface area contributed by atoms with Crippen LogP contribution in [0.15, 0.2) is 48.5 Å². The van der Waals surface area contributed by atoms with Crippen molar-refractivity contribution in [3.05, 3.63) is 54.1 Å². The van der Waals surface area contributed by atoms with Crippen molar-refractivity contribution in [2.45, 2.75) is 58.9 Å². The lowest BCUT2D eigenvalue weighted by molar-refractivity contribution is -0.634. The Bertz CT molecular complexity index is 1190. The van der Waals surface area contributed by atoms with Crippen LogP contribution in [-0.4, -0.2) is 16.6 Å². The van der Waals surface area contributed by atoms with Crippen LogP contribution in [0.2, 0.25) is 0 Å². The first-order valence-electron chi connectivity index (χ1n) is 11.9. The van der Waals surface area contributed by atoms with E-state index in [0.717, 1.165) is 42.4 Å². The third kappa shape index (κ3) is 5.84. The maximum atomic E-state index is 13.4. The predicted octanol–water partition coefficient (Wildman–Crippen LogP) is 3.16. The highest BCUT2D eigenvalue weighted by atomic mass is 127. The molecule has 3 aromatic rings. The summed E-state index contributed by atoms with van der Waals surface area (Å²) < 4.78 is 49.8. The number of hydrogen-bond acceptors (Lipinski definition) is 2. The number of nitrogens with zero attached hydrogens (tertiary/aromatic N) is 2. The smallest absolute Gasteiger partial charge is 0.416 e. The summed E-state index contributed by atoms with van der Waals surface area (Å²) in [7, 11) is 1.80. The van der Waals surface area contributed by atoms with E-state index in [1.165, 1.54) is 6.07 Å². The largest absolute Gasteiger partial charge is 1.00 e. The van der Waals surface area contributed by atoms with Gasteiger partial charge in [0.05, 0.1) is 18.2 Å². The summed E-state index contributed by atoms with van der Waals surface area (Å²) in [6.07, 6.45) is -1.57. The molecule has 4 nitrogen and oxygen atoms in total. The summed E-state index contributed by atoms with van der Waals surface area (Å²) in [4.78, 5) is 13.2. The highest BCUT2D eigenvalue weighted by molar-refractivity contribution is 5.79. The number of halogens is 4. The Morgan fingerprint density at radius 1 is 1.14 bits per heavy atom. The molecule has 0 spiro atoms. The molecule has 0 aliphatic heterocycles. The Morgan fingerprint density at radius 2 is 1.86 bits per heavy atom. The minimum atomic E-state index is -4.45. The zero-order chi connectivity index (χ0) is 24.6. The average molecular weight is 600 g/mol. The maximum absolute atomic E-state index is 13.4. The first kappa shape index (κ1) is 27.5. The molecule has 1 fully saturated rings. The van der Waals surface area contributed by atoms with Crippen LogP contribution in [0.25, 0.3) is 22.4 Å². The molecule has 3 atom stereocenters. The van der Waals surface area contributed by atoms with Crippen molar-refractivity contribution in [2.24, 2.45) is 24.8 Å². The summed E-state index contributed by atoms with van der Waals surface area (Å²) in [5.74, 6) is 1.40. The van der Waals surface area contributed by atoms with Gasteiger partial charge in [-0.25, -0.2) is 13.9 Å². The van der Waals surface area contributed by atoms with Crippen molar-refractivity contribution in [3.63, 3.8) is 0 Å². The second-order valence-electron chi connectivity index (χ2n) is 9.89. The van der Waals surface area contributed by atoms with Crippen molar-refractivity contribution < 1.29 is 51.2 Å². The van der Waals surface area contributed by atoms with Crippen LogP contribution in [0.5, 0.6) is 0 Å². The van der Waals surface area contributed by atoms with Gasteiger partial charge in [-0.3, -0.25) is 0 Å². The number of aromatic nitrogens is 2. The van der Waals surface area contributed by atoms with E-state index in [1.54, 1.807) is 17.7 Å². The van der Waals surface area contributed by atoms with Crippen LogP contribution < -0.4 is 28.5 Å². The number of para-hydroxylation sites is 2. The van der Waals surface area contributed by atoms with E-state index in [2.05, 4.69) is 20.8 Å². The highest BCUT2D eigenvalue weighted by Gasteiger charge is 2.35. The fraction of sp³-hybridized carbons (Fsp3) is 0.481. The predicted molar refractivity (Wildman–Crippen MR) is 125 cm³/mol. The SMILES string of the molecule is CC(C)[C@@H]1CC[C@@H](C)C[C@H]1OC(=O)Cn1c(-c2cccc(C(F)(F)F)c2)[n+](C)c2ccccc21.[I-]. The van der Waals surface area contributed by atoms with Crippen LogP contribution in [0.4, 0.5) is 13.2 Å². The van der Waals surface area contributed by atoms with Gasteiger partial charge in [0.1, 0.15) is 6.10 Å². The van der Waals surface area contributed by atoms with E-state index in [-0.39, 0.29) is 42.6 Å². The van der Waals surface area contributed by atoms with Gasteiger partial charge in [-0.2, -0.15) is 13.2 Å². The fourth-order valence-corrected chi connectivity index (χ4v) is 5.31. The van der Waals surface area contributed by atoms with Gasteiger partial charge in [-0.1, -0.05) is 45.4 Å². The number of rotatable bonds is 5. The molecular formula is C27H32F3IN2O2. The van der Waals surface area contributed by atoms with E-state index in [9.17, 15) is 18.0 Å². The summed E-state index contributed by atoms with van der Waals surface area (Å²) in [5, 5.41) is 0. The monoisotopic (exact) mass is 600 g/mol. The number of carbonyl (C=O) groups excluding carboxylic acids is 1. The standard InChI is InChI=1S/C27H32F3N2O2.HI/c1-17(2)21-13-12-18(3)14-24(21)34-25(33)16-32-23-11-6-5-10-22(23)31(4)26(32)19-8-7-9-20(15-19)27(28,29)30;/h5-11,15,17-18,21,24H,12-14,16H2,1-4H3;1H/q+1;/p-1/t18-,21+,24-;/m1./s1. The summed E-state index contributed by atoms with van der Waals surface area (Å²) in [6.45, 7) is 6.44. The molecule has 1 saturated carbocycles. The Morgan fingerprint density at radius 3 is 2.54 bits per heavy atom. The second-order valence-corrected chi connectivity index (χ2v) is 9.89. The number of ether oxygens (including phenoxy) is 1. The summed E-state index contributed by atoms with van der Waals surface area (Å²) in [6, 6.07) is 12.7. The van der Waals surface area contributed by atoms with Crippen molar-refractivity contribution in [1.82, 2.24) is 4.57 Å². The van der Waals surface area contributed by atoms with Crippen LogP contribution in [-0.2, 0) is 29.3 Å². The zero-order valence-electron chi connectivity index (χ0n) is 20.5. The van der Waals surface area contributed by atoms with Crippen LogP contribution in [0, 0.1) is 17.8 Å². The molecule has 190 valence electrons. The first-order chi connectivity index (χ1) is 16.1. The lowest BCUT2D eigenvalue weighted by Gasteiger charge is -2.36. The molecular weight excluding hydrogens is 568 g/mol. The van der Waals surface area contributed by atoms with E-state index in [1.807, 2.05) is 28.8 Å². The Hall–Kier alpha value is -2.10. The molecule has 1 aromatic heterocycles. The number of imidazole rings is 1. The quantitative estimate of drug-likeness (QED) is 0.257. The van der Waals surface area contributed by atoms with Crippen LogP contribution in [0.1, 0.15) is 45.6 Å². The van der Waals surface area contributed by atoms with E-state index < -0.39 is 11.7 Å². The van der Waals surface area contributed by atoms with Crippen molar-refractivity contribution >= 4 is 17.0 Å². The van der Waals surface area contributed by atoms with Gasteiger partial charge in [-0.05, 0) is 60.9 Å². The molecule has 0 bridgehead atoms. The van der Waals surface area contributed by atoms with Crippen LogP contribution >= 0.6 is 0 Å². The second kappa shape index (κ2) is 10.9. The van der Waals surface area contributed by atoms with Gasteiger partial charge < -0.3 is 28.7 Å². The molecule has 0 N–H and O–H groups in total. The number of benzene rings is 2.